The van der Waals surface area contributed by atoms with E-state index in [9.17, 15) is 14.4 Å². The van der Waals surface area contributed by atoms with Crippen molar-refractivity contribution in [1.82, 2.24) is 14.7 Å². The zero-order valence-electron chi connectivity index (χ0n) is 16.1. The number of thiazole rings is 1. The van der Waals surface area contributed by atoms with E-state index in [1.807, 2.05) is 31.2 Å². The van der Waals surface area contributed by atoms with Crippen LogP contribution in [0, 0.1) is 6.92 Å². The molecular weight excluding hydrogens is 410 g/mol. The van der Waals surface area contributed by atoms with Crippen LogP contribution in [0.5, 0.6) is 0 Å². The molecule has 2 aromatic heterocycles. The second-order valence-corrected chi connectivity index (χ2v) is 8.30. The Morgan fingerprint density at radius 2 is 2.07 bits per heavy atom. The molecule has 1 amide bonds. The van der Waals surface area contributed by atoms with E-state index in [0.717, 1.165) is 11.1 Å². The summed E-state index contributed by atoms with van der Waals surface area (Å²) in [5.41, 5.74) is 2.45. The number of carbonyl (C=O) groups excluding carboxylic acids is 2. The minimum atomic E-state index is -0.457. The van der Waals surface area contributed by atoms with E-state index in [4.69, 9.17) is 4.74 Å². The summed E-state index contributed by atoms with van der Waals surface area (Å²) in [4.78, 5) is 41.2. The lowest BCUT2D eigenvalue weighted by Gasteiger charge is -2.18. The van der Waals surface area contributed by atoms with Crippen molar-refractivity contribution in [3.05, 3.63) is 69.1 Å². The van der Waals surface area contributed by atoms with Crippen LogP contribution in [0.25, 0.3) is 4.96 Å². The van der Waals surface area contributed by atoms with Gasteiger partial charge in [0, 0.05) is 23.4 Å². The van der Waals surface area contributed by atoms with Crippen LogP contribution in [0.15, 0.2) is 46.7 Å². The van der Waals surface area contributed by atoms with Gasteiger partial charge in [-0.2, -0.15) is 0 Å². The maximum absolute atomic E-state index is 12.4. The van der Waals surface area contributed by atoms with Gasteiger partial charge >= 0.3 is 5.97 Å². The Balaban J connectivity index is 1.59. The van der Waals surface area contributed by atoms with Crippen molar-refractivity contribution in [2.24, 2.45) is 0 Å². The number of ether oxygens (including phenoxy) is 1. The van der Waals surface area contributed by atoms with Crippen molar-refractivity contribution in [3.63, 3.8) is 0 Å². The summed E-state index contributed by atoms with van der Waals surface area (Å²) in [6, 6.07) is 8.68. The Hall–Kier alpha value is -2.65. The minimum absolute atomic E-state index is 0.0589. The van der Waals surface area contributed by atoms with E-state index in [1.165, 1.54) is 40.7 Å². The number of aromatic nitrogens is 2. The van der Waals surface area contributed by atoms with Gasteiger partial charge in [0.1, 0.15) is 0 Å². The number of esters is 1. The van der Waals surface area contributed by atoms with Crippen LogP contribution in [0.4, 0.5) is 0 Å². The predicted octanol–water partition coefficient (Wildman–Crippen LogP) is 2.72. The monoisotopic (exact) mass is 431 g/mol. The summed E-state index contributed by atoms with van der Waals surface area (Å²) in [5, 5.41) is 4.70. The fourth-order valence-electron chi connectivity index (χ4n) is 2.75. The first-order valence-electron chi connectivity index (χ1n) is 8.92. The lowest BCUT2D eigenvalue weighted by molar-refractivity contribution is -0.141. The summed E-state index contributed by atoms with van der Waals surface area (Å²) in [6.45, 7) is 1.97. The maximum Gasteiger partial charge on any atom is 0.307 e. The van der Waals surface area contributed by atoms with E-state index in [0.29, 0.717) is 16.4 Å². The number of carbonyl (C=O) groups is 2. The fraction of sp³-hybridized carbons (Fsp3) is 0.300. The first-order valence-corrected chi connectivity index (χ1v) is 11.0. The zero-order valence-corrected chi connectivity index (χ0v) is 17.7. The SMILES string of the molecule is COC(=O)CC(NC(=O)CSCc1cc(=O)n2ccsc2n1)c1ccc(C)cc1. The van der Waals surface area contributed by atoms with Crippen LogP contribution in [0.1, 0.15) is 29.3 Å². The lowest BCUT2D eigenvalue weighted by atomic mass is 10.0. The van der Waals surface area contributed by atoms with Crippen molar-refractivity contribution in [1.29, 1.82) is 0 Å². The number of amides is 1. The van der Waals surface area contributed by atoms with Crippen molar-refractivity contribution >= 4 is 39.9 Å². The second kappa shape index (κ2) is 9.71. The molecule has 1 unspecified atom stereocenters. The van der Waals surface area contributed by atoms with E-state index in [-0.39, 0.29) is 23.6 Å². The van der Waals surface area contributed by atoms with Crippen molar-refractivity contribution in [2.75, 3.05) is 12.9 Å². The van der Waals surface area contributed by atoms with Gasteiger partial charge in [0.25, 0.3) is 5.56 Å². The number of thioether (sulfide) groups is 1. The highest BCUT2D eigenvalue weighted by molar-refractivity contribution is 7.99. The van der Waals surface area contributed by atoms with Crippen LogP contribution in [-0.4, -0.2) is 34.1 Å². The lowest BCUT2D eigenvalue weighted by Crippen LogP contribution is -2.31. The van der Waals surface area contributed by atoms with E-state index >= 15 is 0 Å². The molecule has 0 aliphatic heterocycles. The number of aryl methyl sites for hydroxylation is 1. The van der Waals surface area contributed by atoms with Gasteiger partial charge in [0.2, 0.25) is 5.91 Å². The molecule has 3 aromatic rings. The number of hydrogen-bond acceptors (Lipinski definition) is 7. The van der Waals surface area contributed by atoms with Crippen LogP contribution in [-0.2, 0) is 20.1 Å². The van der Waals surface area contributed by atoms with Gasteiger partial charge in [0.15, 0.2) is 4.96 Å². The third kappa shape index (κ3) is 5.68. The second-order valence-electron chi connectivity index (χ2n) is 6.45. The molecule has 0 bridgehead atoms. The molecule has 1 aromatic carbocycles. The summed E-state index contributed by atoms with van der Waals surface area (Å²) >= 11 is 2.75. The maximum atomic E-state index is 12.4. The first-order chi connectivity index (χ1) is 14.0. The van der Waals surface area contributed by atoms with Gasteiger partial charge in [-0.05, 0) is 12.5 Å². The standard InChI is InChI=1S/C20H21N3O4S2/c1-13-3-5-14(6-4-13)16(10-19(26)27-2)22-17(24)12-28-11-15-9-18(25)23-7-8-29-20(23)21-15/h3-9,16H,10-12H2,1-2H3,(H,22,24). The summed E-state index contributed by atoms with van der Waals surface area (Å²) < 4.78 is 6.24. The molecule has 7 nitrogen and oxygen atoms in total. The molecule has 3 rings (SSSR count). The van der Waals surface area contributed by atoms with Gasteiger partial charge in [0.05, 0.1) is 31.0 Å². The Morgan fingerprint density at radius 3 is 2.79 bits per heavy atom. The smallest absolute Gasteiger partial charge is 0.307 e. The highest BCUT2D eigenvalue weighted by atomic mass is 32.2. The van der Waals surface area contributed by atoms with E-state index in [2.05, 4.69) is 10.3 Å². The summed E-state index contributed by atoms with van der Waals surface area (Å²) in [7, 11) is 1.33. The molecule has 0 saturated carbocycles. The van der Waals surface area contributed by atoms with Gasteiger partial charge in [-0.1, -0.05) is 29.8 Å². The topological polar surface area (TPSA) is 89.8 Å². The Kier molecular flexibility index (Phi) is 7.05. The van der Waals surface area contributed by atoms with Crippen LogP contribution < -0.4 is 10.9 Å². The molecular formula is C20H21N3O4S2. The molecule has 0 saturated heterocycles. The normalized spacial score (nSPS) is 11.9. The van der Waals surface area contributed by atoms with Crippen LogP contribution in [0.3, 0.4) is 0 Å². The minimum Gasteiger partial charge on any atom is -0.469 e. The highest BCUT2D eigenvalue weighted by Crippen LogP contribution is 2.19. The predicted molar refractivity (Wildman–Crippen MR) is 114 cm³/mol. The van der Waals surface area contributed by atoms with E-state index in [1.54, 1.807) is 11.6 Å². The van der Waals surface area contributed by atoms with Crippen LogP contribution >= 0.6 is 23.1 Å². The fourth-order valence-corrected chi connectivity index (χ4v) is 4.21. The molecule has 0 radical (unpaired) electrons. The molecule has 9 heteroatoms. The zero-order chi connectivity index (χ0) is 20.8. The van der Waals surface area contributed by atoms with Crippen LogP contribution in [0.2, 0.25) is 0 Å². The average Bonchev–Trinajstić information content (AvgIpc) is 3.17. The molecule has 2 heterocycles. The quantitative estimate of drug-likeness (QED) is 0.552. The van der Waals surface area contributed by atoms with Gasteiger partial charge in [-0.15, -0.1) is 23.1 Å². The molecule has 1 atom stereocenters. The Labute approximate surface area is 176 Å². The summed E-state index contributed by atoms with van der Waals surface area (Å²) in [6.07, 6.45) is 1.75. The van der Waals surface area contributed by atoms with Crippen molar-refractivity contribution < 1.29 is 14.3 Å². The molecule has 0 aliphatic rings. The molecule has 29 heavy (non-hydrogen) atoms. The number of nitrogens with one attached hydrogen (secondary N) is 1. The van der Waals surface area contributed by atoms with E-state index < -0.39 is 12.0 Å². The highest BCUT2D eigenvalue weighted by Gasteiger charge is 2.19. The molecule has 0 fully saturated rings. The largest absolute Gasteiger partial charge is 0.469 e. The number of hydrogen-bond donors (Lipinski definition) is 1. The van der Waals surface area contributed by atoms with Gasteiger partial charge in [-0.3, -0.25) is 18.8 Å². The third-order valence-corrected chi connectivity index (χ3v) is 5.98. The number of fused-ring (bicyclic) bond motifs is 1. The number of benzene rings is 1. The molecule has 1 N–H and O–H groups in total. The number of methoxy groups -OCH3 is 1. The van der Waals surface area contributed by atoms with Gasteiger partial charge < -0.3 is 10.1 Å². The van der Waals surface area contributed by atoms with Crippen molar-refractivity contribution in [3.8, 4) is 0 Å². The van der Waals surface area contributed by atoms with Crippen molar-refractivity contribution in [2.45, 2.75) is 25.1 Å². The van der Waals surface area contributed by atoms with Gasteiger partial charge in [-0.25, -0.2) is 4.98 Å². The number of nitrogens with zero attached hydrogens (tertiary/aromatic N) is 2. The molecule has 0 aliphatic carbocycles. The molecule has 0 spiro atoms. The third-order valence-electron chi connectivity index (χ3n) is 4.25. The number of rotatable bonds is 8. The molecule has 152 valence electrons. The first kappa shape index (κ1) is 21.1. The summed E-state index contributed by atoms with van der Waals surface area (Å²) in [5.74, 6) is 0.0500. The average molecular weight is 432 g/mol. The Bertz CT molecular complexity index is 1060. The Morgan fingerprint density at radius 1 is 1.31 bits per heavy atom.